The maximum absolute atomic E-state index is 14.2. The second-order valence-corrected chi connectivity index (χ2v) is 29.2. The Hall–Kier alpha value is -8.43. The van der Waals surface area contributed by atoms with Crippen molar-refractivity contribution in [3.8, 4) is 23.5 Å². The molecule has 3 atom stereocenters. The summed E-state index contributed by atoms with van der Waals surface area (Å²) >= 11 is 29.3. The fourth-order valence-electron chi connectivity index (χ4n) is 8.83. The molecule has 1 aliphatic rings. The lowest BCUT2D eigenvalue weighted by Crippen LogP contribution is -3.00. The van der Waals surface area contributed by atoms with Gasteiger partial charge in [-0.2, -0.15) is 20.7 Å². The summed E-state index contributed by atoms with van der Waals surface area (Å²) in [6, 6.07) is 29.8. The SMILES string of the molecule is CC(C)(O)[C@H](F)CNC(=O)c1cnc(-c2ccc3cc(C#N)cnn23)cc1Nc1ccc(Cl)nc1.CC(C)(O)[C@H](F)CNC(=O)c1cnc(Br)cc1Cl.CC(C)(O)[C@H](F)CNC(=O)c1cnc(Br)cc1Nc1ccc(Cl)nc1.CC1(C)OB(c2ccc3cc(C#N)cnn23)OC1(C)C.Nc1ccc(Cl)nc1.[I-]. The van der Waals surface area contributed by atoms with Gasteiger partial charge in [-0.3, -0.25) is 19.4 Å². The number of carbonyl (C=O) groups excluding carboxylic acids is 3. The number of nitrogens with zero attached hydrogens (tertiary/aromatic N) is 12. The number of halogens is 10. The van der Waals surface area contributed by atoms with Crippen LogP contribution in [0.3, 0.4) is 0 Å². The molecule has 0 unspecified atom stereocenters. The van der Waals surface area contributed by atoms with Crippen LogP contribution in [0.4, 0.5) is 41.6 Å². The first-order valence-electron chi connectivity index (χ1n) is 31.8. The zero-order chi connectivity index (χ0) is 78.2. The Morgan fingerprint density at radius 2 is 0.953 bits per heavy atom. The average Bonchev–Trinajstić information content (AvgIpc) is 1.61. The van der Waals surface area contributed by atoms with Crippen LogP contribution in [0.1, 0.15) is 111 Å². The molecule has 1 saturated heterocycles. The highest BCUT2D eigenvalue weighted by Crippen LogP contribution is 2.37. The monoisotopic (exact) mass is 1790 g/mol. The van der Waals surface area contributed by atoms with Crippen molar-refractivity contribution in [1.29, 1.82) is 10.5 Å². The van der Waals surface area contributed by atoms with E-state index < -0.39 is 60.2 Å². The first-order chi connectivity index (χ1) is 49.7. The Balaban J connectivity index is 0.000000221. The Kier molecular flexibility index (Phi) is 31.1. The summed E-state index contributed by atoms with van der Waals surface area (Å²) in [5.74, 6) is -1.62. The van der Waals surface area contributed by atoms with Crippen molar-refractivity contribution in [3.63, 3.8) is 0 Å². The van der Waals surface area contributed by atoms with Crippen LogP contribution >= 0.6 is 78.3 Å². The highest BCUT2D eigenvalue weighted by atomic mass is 127. The van der Waals surface area contributed by atoms with E-state index in [9.17, 15) is 42.9 Å². The molecule has 1 aliphatic heterocycles. The van der Waals surface area contributed by atoms with Gasteiger partial charge >= 0.3 is 7.12 Å². The van der Waals surface area contributed by atoms with Crippen LogP contribution in [0.15, 0.2) is 150 Å². The van der Waals surface area contributed by atoms with Crippen LogP contribution in [-0.4, -0.2) is 155 Å². The number of rotatable bonds is 18. The van der Waals surface area contributed by atoms with E-state index >= 15 is 0 Å². The number of hydrogen-bond acceptors (Lipinski definition) is 21. The van der Waals surface area contributed by atoms with Gasteiger partial charge in [-0.15, -0.1) is 0 Å². The van der Waals surface area contributed by atoms with Gasteiger partial charge in [0.15, 0.2) is 0 Å². The number of nitrogens with two attached hydrogens (primary N) is 1. The Morgan fingerprint density at radius 3 is 1.37 bits per heavy atom. The summed E-state index contributed by atoms with van der Waals surface area (Å²) < 4.78 is 57.9. The topological polar surface area (TPSA) is 376 Å². The predicted molar refractivity (Wildman–Crippen MR) is 407 cm³/mol. The third-order valence-corrected chi connectivity index (χ3v) is 17.6. The zero-order valence-corrected chi connectivity index (χ0v) is 67.2. The van der Waals surface area contributed by atoms with E-state index in [0.29, 0.717) is 81.1 Å². The second-order valence-electron chi connectivity index (χ2n) is 26.0. The summed E-state index contributed by atoms with van der Waals surface area (Å²) in [5, 5.41) is 70.2. The van der Waals surface area contributed by atoms with Gasteiger partial charge in [-0.1, -0.05) is 46.4 Å². The third kappa shape index (κ3) is 25.1. The van der Waals surface area contributed by atoms with Crippen LogP contribution in [0.2, 0.25) is 20.5 Å². The summed E-state index contributed by atoms with van der Waals surface area (Å²) in [7, 11) is -0.456. The smallest absolute Gasteiger partial charge is 0.514 e. The molecule has 1 fully saturated rings. The first kappa shape index (κ1) is 87.5. The van der Waals surface area contributed by atoms with Crippen molar-refractivity contribution < 1.29 is 76.2 Å². The van der Waals surface area contributed by atoms with Crippen molar-refractivity contribution in [2.45, 2.75) is 116 Å². The van der Waals surface area contributed by atoms with Crippen LogP contribution < -0.4 is 61.9 Å². The van der Waals surface area contributed by atoms with Gasteiger partial charge in [0.05, 0.1) is 168 Å². The zero-order valence-electron chi connectivity index (χ0n) is 58.8. The first-order valence-corrected chi connectivity index (χ1v) is 34.9. The number of pyridine rings is 6. The normalized spacial score (nSPS) is 13.6. The molecule has 11 rings (SSSR count). The van der Waals surface area contributed by atoms with Gasteiger partial charge in [0.25, 0.3) is 17.7 Å². The number of amides is 3. The fraction of sp³-hybridized carbons (Fsp3) is 0.300. The fourth-order valence-corrected chi connectivity index (χ4v) is 10.2. The van der Waals surface area contributed by atoms with Crippen LogP contribution in [0, 0.1) is 22.7 Å². The molecule has 0 aliphatic carbocycles. The van der Waals surface area contributed by atoms with Crippen molar-refractivity contribution in [1.82, 2.24) is 65.1 Å². The standard InChI is InChI=1S/C24H21ClFN7O2.C16H17BrClFN4O2.C14H16BN3O2.C11H13BrClFN2O2.C5H5ClN2.HI/c1-24(2,35)21(26)13-30-23(34)17-12-28-19(8-18(17)32-15-3-6-22(25)29-11-15)20-5-4-16-7-14(9-27)10-31-33(16)20;1-16(2,25)12(19)8-22-15(24)10-7-20-13(17)5-11(10)23-9-3-4-14(18)21-6-9;1-13(2)14(3,4)20-15(19-13)12-6-5-11-7-10(8-16)9-17-18(11)12;1-11(2,18)8(14)5-16-10(17)6-4-15-9(12)3-7(6)13;6-5-2-1-4(7)3-8-5;/h3-8,10-12,21,35H,13H2,1-2H3,(H,28,32)(H,30,34);3-7,12,25H,8H2,1-2H3,(H,20,23)(H,22,24);5-7,9H,1-4H3;3-4,8,18H,5H2,1-2H3,(H,16,17);1-3H,7H2;1H/p-1/t21-;12-;;8-;;/m11.1../s1. The summed E-state index contributed by atoms with van der Waals surface area (Å²) in [6.45, 7) is 15.1. The van der Waals surface area contributed by atoms with Crippen molar-refractivity contribution in [3.05, 3.63) is 198 Å². The van der Waals surface area contributed by atoms with E-state index in [2.05, 4.69) is 111 Å². The maximum Gasteiger partial charge on any atom is 0.514 e. The summed E-state index contributed by atoms with van der Waals surface area (Å²) in [6.07, 6.45) is 6.74. The molecule has 0 spiro atoms. The van der Waals surface area contributed by atoms with Gasteiger partial charge in [0.2, 0.25) is 0 Å². The number of hydrogen-bond donors (Lipinski definition) is 9. The minimum atomic E-state index is -1.66. The largest absolute Gasteiger partial charge is 1.00 e. The molecule has 11 heterocycles. The lowest BCUT2D eigenvalue weighted by molar-refractivity contribution is -0.00209. The number of anilines is 5. The van der Waals surface area contributed by atoms with Crippen LogP contribution in [0.5, 0.6) is 0 Å². The second kappa shape index (κ2) is 38.1. The predicted octanol–water partition coefficient (Wildman–Crippen LogP) is 9.54. The average molecular weight is 1790 g/mol. The van der Waals surface area contributed by atoms with Crippen LogP contribution in [0.25, 0.3) is 22.4 Å². The number of carbonyl (C=O) groups is 3. The lowest BCUT2D eigenvalue weighted by Gasteiger charge is -2.32. The maximum atomic E-state index is 14.2. The molecule has 107 heavy (non-hydrogen) atoms. The molecule has 564 valence electrons. The number of aromatic nitrogens is 10. The Morgan fingerprint density at radius 1 is 0.551 bits per heavy atom. The third-order valence-electron chi connectivity index (χ3n) is 15.8. The van der Waals surface area contributed by atoms with E-state index in [4.69, 9.17) is 72.0 Å². The van der Waals surface area contributed by atoms with Gasteiger partial charge < -0.3 is 80.9 Å². The number of nitriles is 2. The van der Waals surface area contributed by atoms with E-state index in [0.717, 1.165) is 11.1 Å². The van der Waals surface area contributed by atoms with E-state index in [-0.39, 0.29) is 76.5 Å². The van der Waals surface area contributed by atoms with Crippen molar-refractivity contribution >= 4 is 148 Å². The number of alkyl halides is 3. The minimum absolute atomic E-state index is 0. The van der Waals surface area contributed by atoms with Gasteiger partial charge in [-0.25, -0.2) is 47.1 Å². The summed E-state index contributed by atoms with van der Waals surface area (Å²) in [4.78, 5) is 61.0. The number of fused-ring (bicyclic) bond motifs is 2. The number of aliphatic hydroxyl groups is 3. The molecule has 0 bridgehead atoms. The summed E-state index contributed by atoms with van der Waals surface area (Å²) in [5.41, 5.74) is 7.62. The van der Waals surface area contributed by atoms with E-state index in [1.807, 2.05) is 39.8 Å². The molecule has 26 nitrogen and oxygen atoms in total. The molecule has 0 saturated carbocycles. The van der Waals surface area contributed by atoms with Crippen molar-refractivity contribution in [2.75, 3.05) is 36.0 Å². The van der Waals surface area contributed by atoms with E-state index in [1.54, 1.807) is 88.0 Å². The quantitative estimate of drug-likeness (QED) is 0.0219. The lowest BCUT2D eigenvalue weighted by atomic mass is 9.85. The molecule has 10 N–H and O–H groups in total. The van der Waals surface area contributed by atoms with Crippen LogP contribution in [-0.2, 0) is 9.31 Å². The highest BCUT2D eigenvalue weighted by molar-refractivity contribution is 9.10. The molecule has 0 radical (unpaired) electrons. The minimum Gasteiger partial charge on any atom is -1.00 e. The Bertz CT molecular complexity index is 4780. The van der Waals surface area contributed by atoms with Crippen molar-refractivity contribution in [2.24, 2.45) is 0 Å². The molecule has 37 heteroatoms. The molecule has 3 amide bonds. The highest BCUT2D eigenvalue weighted by Gasteiger charge is 2.53. The number of nitrogen functional groups attached to an aromatic ring is 1. The van der Waals surface area contributed by atoms with Gasteiger partial charge in [0.1, 0.15) is 55.3 Å². The molecule has 10 aromatic rings. The molecule has 10 aromatic heterocycles. The molecule has 0 aromatic carbocycles. The van der Waals surface area contributed by atoms with Gasteiger partial charge in [-0.05, 0) is 192 Å². The Labute approximate surface area is 668 Å². The number of nitrogens with one attached hydrogen (secondary N) is 5. The van der Waals surface area contributed by atoms with E-state index in [1.165, 1.54) is 91.0 Å². The van der Waals surface area contributed by atoms with Gasteiger partial charge in [0, 0.05) is 18.6 Å². The molecular formula is C70H72BBr2Cl4F3IN18O8-. The molecular weight excluding hydrogens is 1720 g/mol.